The van der Waals surface area contributed by atoms with Gasteiger partial charge in [-0.25, -0.2) is 4.79 Å². The molecule has 0 saturated carbocycles. The smallest absolute Gasteiger partial charge is 0.416 e. The van der Waals surface area contributed by atoms with E-state index in [4.69, 9.17) is 16.3 Å². The number of carbonyl (C=O) groups is 2. The van der Waals surface area contributed by atoms with Crippen molar-refractivity contribution in [2.45, 2.75) is 45.8 Å². The fourth-order valence-corrected chi connectivity index (χ4v) is 4.01. The molecule has 0 aliphatic carbocycles. The maximum absolute atomic E-state index is 13.1. The summed E-state index contributed by atoms with van der Waals surface area (Å²) < 4.78 is 44.5. The van der Waals surface area contributed by atoms with Gasteiger partial charge in [0.25, 0.3) is 0 Å². The molecule has 176 valence electrons. The molecule has 1 amide bonds. The van der Waals surface area contributed by atoms with Crippen LogP contribution in [0.25, 0.3) is 0 Å². The number of carbonyl (C=O) groups excluding carboxylic acids is 2. The molecule has 0 radical (unpaired) electrons. The number of ether oxygens (including phenoxy) is 1. The highest BCUT2D eigenvalue weighted by molar-refractivity contribution is 6.30. The van der Waals surface area contributed by atoms with Crippen LogP contribution in [-0.2, 0) is 27.0 Å². The lowest BCUT2D eigenvalue weighted by atomic mass is 9.83. The van der Waals surface area contributed by atoms with E-state index in [1.807, 2.05) is 19.9 Å². The minimum absolute atomic E-state index is 0.0601. The maximum Gasteiger partial charge on any atom is 0.416 e. The van der Waals surface area contributed by atoms with Gasteiger partial charge in [-0.1, -0.05) is 49.7 Å². The van der Waals surface area contributed by atoms with Crippen LogP contribution in [0.2, 0.25) is 5.02 Å². The first kappa shape index (κ1) is 24.8. The van der Waals surface area contributed by atoms with Crippen molar-refractivity contribution in [3.63, 3.8) is 0 Å². The summed E-state index contributed by atoms with van der Waals surface area (Å²) in [6, 6.07) is 11.6. The topological polar surface area (TPSA) is 46.6 Å². The molecule has 3 rings (SSSR count). The van der Waals surface area contributed by atoms with Crippen LogP contribution in [0.4, 0.5) is 13.2 Å². The molecule has 0 spiro atoms. The van der Waals surface area contributed by atoms with Crippen LogP contribution in [0.5, 0.6) is 0 Å². The normalized spacial score (nSPS) is 17.0. The van der Waals surface area contributed by atoms with Crippen molar-refractivity contribution in [3.8, 4) is 0 Å². The monoisotopic (exact) mass is 479 g/mol. The predicted molar refractivity (Wildman–Crippen MR) is 119 cm³/mol. The van der Waals surface area contributed by atoms with Crippen molar-refractivity contribution in [1.82, 2.24) is 4.90 Å². The zero-order chi connectivity index (χ0) is 24.3. The average molecular weight is 480 g/mol. The van der Waals surface area contributed by atoms with Gasteiger partial charge in [0.1, 0.15) is 0 Å². The fourth-order valence-electron chi connectivity index (χ4n) is 3.80. The van der Waals surface area contributed by atoms with E-state index in [0.29, 0.717) is 16.3 Å². The Morgan fingerprint density at radius 3 is 2.42 bits per heavy atom. The molecule has 0 saturated heterocycles. The zero-order valence-corrected chi connectivity index (χ0v) is 19.3. The van der Waals surface area contributed by atoms with E-state index >= 15 is 0 Å². The molecule has 1 unspecified atom stereocenters. The van der Waals surface area contributed by atoms with E-state index < -0.39 is 23.6 Å². The predicted octanol–water partition coefficient (Wildman–Crippen LogP) is 6.35. The van der Waals surface area contributed by atoms with E-state index in [1.54, 1.807) is 25.1 Å². The van der Waals surface area contributed by atoms with Crippen LogP contribution in [-0.4, -0.2) is 23.4 Å². The summed E-state index contributed by atoms with van der Waals surface area (Å²) in [5, 5.41) is 0.526. The molecule has 0 aromatic heterocycles. The molecule has 0 N–H and O–H groups in total. The molecule has 4 nitrogen and oxygen atoms in total. The second-order valence-corrected chi connectivity index (χ2v) is 8.91. The highest BCUT2D eigenvalue weighted by Crippen LogP contribution is 2.39. The Balaban J connectivity index is 2.01. The molecular formula is C25H25ClF3NO3. The second-order valence-electron chi connectivity index (χ2n) is 8.48. The van der Waals surface area contributed by atoms with Gasteiger partial charge in [-0.05, 0) is 48.2 Å². The van der Waals surface area contributed by atoms with Crippen molar-refractivity contribution in [3.05, 3.63) is 81.5 Å². The van der Waals surface area contributed by atoms with E-state index in [1.165, 1.54) is 17.0 Å². The lowest BCUT2D eigenvalue weighted by molar-refractivity contribution is -0.141. The molecule has 1 atom stereocenters. The highest BCUT2D eigenvalue weighted by Gasteiger charge is 2.38. The number of hydrogen-bond acceptors (Lipinski definition) is 3. The minimum Gasteiger partial charge on any atom is -0.462 e. The van der Waals surface area contributed by atoms with Gasteiger partial charge in [0.15, 0.2) is 0 Å². The second kappa shape index (κ2) is 10.00. The third kappa shape index (κ3) is 5.96. The number of halogens is 4. The van der Waals surface area contributed by atoms with Crippen molar-refractivity contribution in [1.29, 1.82) is 0 Å². The van der Waals surface area contributed by atoms with Crippen LogP contribution in [0, 0.1) is 5.92 Å². The number of alkyl halides is 3. The van der Waals surface area contributed by atoms with Crippen LogP contribution < -0.4 is 0 Å². The summed E-state index contributed by atoms with van der Waals surface area (Å²) in [4.78, 5) is 27.6. The molecule has 8 heteroatoms. The fraction of sp³-hybridized carbons (Fsp3) is 0.360. The third-order valence-corrected chi connectivity index (χ3v) is 5.70. The van der Waals surface area contributed by atoms with Gasteiger partial charge in [-0.2, -0.15) is 13.2 Å². The Bertz CT molecular complexity index is 1060. The van der Waals surface area contributed by atoms with Crippen molar-refractivity contribution in [2.24, 2.45) is 5.92 Å². The van der Waals surface area contributed by atoms with Gasteiger partial charge in [-0.3, -0.25) is 4.79 Å². The van der Waals surface area contributed by atoms with Crippen molar-refractivity contribution in [2.75, 3.05) is 6.61 Å². The first-order valence-electron chi connectivity index (χ1n) is 10.6. The summed E-state index contributed by atoms with van der Waals surface area (Å²) in [7, 11) is 0. The number of rotatable bonds is 6. The minimum atomic E-state index is -4.47. The Kier molecular flexibility index (Phi) is 7.52. The van der Waals surface area contributed by atoms with Gasteiger partial charge in [-0.15, -0.1) is 0 Å². The van der Waals surface area contributed by atoms with Gasteiger partial charge in [0, 0.05) is 23.1 Å². The zero-order valence-electron chi connectivity index (χ0n) is 18.6. The standard InChI is InChI=1S/C25H25ClF3NO3/c1-15(2)14-33-24(32)23-16(3)30(13-17-5-4-6-20(26)11-17)22(31)12-21(23)18-7-9-19(10-8-18)25(27,28)29/h4-11,15,21H,12-14H2,1-3H3. The molecule has 0 fully saturated rings. The molecule has 2 aromatic carbocycles. The molecule has 0 bridgehead atoms. The largest absolute Gasteiger partial charge is 0.462 e. The molecular weight excluding hydrogens is 455 g/mol. The summed E-state index contributed by atoms with van der Waals surface area (Å²) in [6.07, 6.45) is -4.53. The Hall–Kier alpha value is -2.80. The Morgan fingerprint density at radius 1 is 1.18 bits per heavy atom. The number of allylic oxidation sites excluding steroid dienone is 1. The number of benzene rings is 2. The summed E-state index contributed by atoms with van der Waals surface area (Å²) >= 11 is 6.06. The maximum atomic E-state index is 13.1. The molecule has 33 heavy (non-hydrogen) atoms. The number of esters is 1. The van der Waals surface area contributed by atoms with E-state index in [-0.39, 0.29) is 37.0 Å². The number of nitrogens with zero attached hydrogens (tertiary/aromatic N) is 1. The van der Waals surface area contributed by atoms with Gasteiger partial charge in [0.05, 0.1) is 24.3 Å². The van der Waals surface area contributed by atoms with Crippen LogP contribution in [0.15, 0.2) is 59.8 Å². The van der Waals surface area contributed by atoms with Crippen LogP contribution >= 0.6 is 11.6 Å². The lowest BCUT2D eigenvalue weighted by Gasteiger charge is -2.34. The van der Waals surface area contributed by atoms with Gasteiger partial charge >= 0.3 is 12.1 Å². The van der Waals surface area contributed by atoms with Crippen LogP contribution in [0.3, 0.4) is 0 Å². The third-order valence-electron chi connectivity index (χ3n) is 5.46. The van der Waals surface area contributed by atoms with Crippen LogP contribution in [0.1, 0.15) is 49.8 Å². The summed E-state index contributed by atoms with van der Waals surface area (Å²) in [5.74, 6) is -1.41. The SMILES string of the molecule is CC1=C(C(=O)OCC(C)C)C(c2ccc(C(F)(F)F)cc2)CC(=O)N1Cc1cccc(Cl)c1. The van der Waals surface area contributed by atoms with Gasteiger partial charge < -0.3 is 9.64 Å². The van der Waals surface area contributed by atoms with Crippen molar-refractivity contribution < 1.29 is 27.5 Å². The number of hydrogen-bond donors (Lipinski definition) is 0. The molecule has 2 aromatic rings. The Labute approximate surface area is 196 Å². The van der Waals surface area contributed by atoms with E-state index in [2.05, 4.69) is 0 Å². The quantitative estimate of drug-likeness (QED) is 0.454. The lowest BCUT2D eigenvalue weighted by Crippen LogP contribution is -2.38. The van der Waals surface area contributed by atoms with E-state index in [9.17, 15) is 22.8 Å². The van der Waals surface area contributed by atoms with E-state index in [0.717, 1.165) is 17.7 Å². The average Bonchev–Trinajstić information content (AvgIpc) is 2.74. The number of amides is 1. The molecule has 1 heterocycles. The summed E-state index contributed by atoms with van der Waals surface area (Å²) in [5.41, 5.74) is 1.15. The first-order valence-corrected chi connectivity index (χ1v) is 10.9. The van der Waals surface area contributed by atoms with Crippen molar-refractivity contribution >= 4 is 23.5 Å². The highest BCUT2D eigenvalue weighted by atomic mass is 35.5. The first-order chi connectivity index (χ1) is 15.5. The summed E-state index contributed by atoms with van der Waals surface area (Å²) in [6.45, 7) is 5.86. The molecule has 1 aliphatic heterocycles. The van der Waals surface area contributed by atoms with Gasteiger partial charge in [0.2, 0.25) is 5.91 Å². The Morgan fingerprint density at radius 2 is 1.85 bits per heavy atom. The molecule has 1 aliphatic rings.